The first-order valence-electron chi connectivity index (χ1n) is 9.32. The molecule has 0 aliphatic heterocycles. The first-order chi connectivity index (χ1) is 14.8. The molecule has 10 nitrogen and oxygen atoms in total. The molecular weight excluding hydrogens is 761 g/mol. The Morgan fingerprint density at radius 1 is 0.969 bits per heavy atom. The van der Waals surface area contributed by atoms with Gasteiger partial charge in [0.1, 0.15) is 6.04 Å². The molecule has 5 N–H and O–H groups in total. The van der Waals surface area contributed by atoms with E-state index in [-0.39, 0.29) is 35.8 Å². The van der Waals surface area contributed by atoms with E-state index in [0.29, 0.717) is 9.99 Å². The number of carboxylic acids is 1. The zero-order valence-corrected chi connectivity index (χ0v) is 24.2. The molecule has 0 heterocycles. The second-order valence-electron chi connectivity index (χ2n) is 7.10. The molecule has 1 aromatic carbocycles. The molecule has 1 rings (SSSR count). The van der Waals surface area contributed by atoms with E-state index < -0.39 is 36.3 Å². The van der Waals surface area contributed by atoms with Crippen molar-refractivity contribution in [3.8, 4) is 0 Å². The highest BCUT2D eigenvalue weighted by atomic mass is 127. The molecular formula is C19H23I3N4O6. The van der Waals surface area contributed by atoms with Crippen LogP contribution >= 0.6 is 67.8 Å². The summed E-state index contributed by atoms with van der Waals surface area (Å²) in [7, 11) is 1.47. The summed E-state index contributed by atoms with van der Waals surface area (Å²) in [5.41, 5.74) is 0.120. The van der Waals surface area contributed by atoms with Gasteiger partial charge in [0.25, 0.3) is 5.91 Å². The van der Waals surface area contributed by atoms with E-state index in [2.05, 4.69) is 21.3 Å². The van der Waals surface area contributed by atoms with Crippen LogP contribution in [0.1, 0.15) is 47.9 Å². The monoisotopic (exact) mass is 784 g/mol. The number of hydrogen-bond donors (Lipinski definition) is 5. The van der Waals surface area contributed by atoms with Crippen LogP contribution in [0.3, 0.4) is 0 Å². The molecule has 0 radical (unpaired) electrons. The highest BCUT2D eigenvalue weighted by molar-refractivity contribution is 14.1. The molecule has 0 saturated carbocycles. The van der Waals surface area contributed by atoms with Gasteiger partial charge in [-0.2, -0.15) is 0 Å². The van der Waals surface area contributed by atoms with Crippen LogP contribution in [0.4, 0.5) is 5.69 Å². The number of hydrogen-bond acceptors (Lipinski definition) is 5. The summed E-state index contributed by atoms with van der Waals surface area (Å²) in [5.74, 6) is -3.11. The lowest BCUT2D eigenvalue weighted by atomic mass is 10.0. The highest BCUT2D eigenvalue weighted by Crippen LogP contribution is 2.35. The van der Waals surface area contributed by atoms with E-state index >= 15 is 0 Å². The van der Waals surface area contributed by atoms with Crippen LogP contribution in [0.5, 0.6) is 0 Å². The maximum absolute atomic E-state index is 12.9. The van der Waals surface area contributed by atoms with Crippen molar-refractivity contribution in [1.29, 1.82) is 0 Å². The summed E-state index contributed by atoms with van der Waals surface area (Å²) < 4.78 is 0.812. The molecule has 0 unspecified atom stereocenters. The Kier molecular flexibility index (Phi) is 11.6. The molecule has 0 spiro atoms. The van der Waals surface area contributed by atoms with Gasteiger partial charge < -0.3 is 26.4 Å². The minimum Gasteiger partial charge on any atom is -0.478 e. The third-order valence-electron chi connectivity index (χ3n) is 4.07. The molecule has 0 aliphatic rings. The molecule has 0 aliphatic carbocycles. The van der Waals surface area contributed by atoms with Crippen molar-refractivity contribution >= 4 is 103 Å². The van der Waals surface area contributed by atoms with Crippen LogP contribution in [-0.4, -0.2) is 54.3 Å². The number of carbonyl (C=O) groups excluding carboxylic acids is 4. The van der Waals surface area contributed by atoms with Gasteiger partial charge in [0.15, 0.2) is 0 Å². The number of aromatic carboxylic acids is 1. The fourth-order valence-corrected chi connectivity index (χ4v) is 7.10. The Morgan fingerprint density at radius 2 is 1.53 bits per heavy atom. The summed E-state index contributed by atoms with van der Waals surface area (Å²) in [5, 5.41) is 19.7. The molecule has 13 heteroatoms. The predicted octanol–water partition coefficient (Wildman–Crippen LogP) is 2.16. The number of carboxylic acid groups (broad SMARTS) is 1. The van der Waals surface area contributed by atoms with E-state index in [1.807, 2.05) is 36.4 Å². The molecule has 0 aromatic heterocycles. The van der Waals surface area contributed by atoms with Gasteiger partial charge in [0.05, 0.1) is 30.5 Å². The normalized spacial score (nSPS) is 11.5. The summed E-state index contributed by atoms with van der Waals surface area (Å²) in [6.45, 7) is 4.68. The largest absolute Gasteiger partial charge is 0.478 e. The van der Waals surface area contributed by atoms with Crippen molar-refractivity contribution in [2.75, 3.05) is 18.9 Å². The standard InChI is InChI=1S/C19H23I3N4O6/c1-7(2)5-9(17(29)23-4)26-10(28)6-24-18(30)11-13(20)12(19(31)32)15(22)16(14(11)21)25-8(3)27/h7,9H,5-6H2,1-4H3,(H,23,29)(H,24,30)(H,25,27)(H,26,28)(H,31,32)/t9-/m0/s1. The minimum absolute atomic E-state index is 0.0330. The van der Waals surface area contributed by atoms with Crippen LogP contribution < -0.4 is 21.3 Å². The lowest BCUT2D eigenvalue weighted by Gasteiger charge is -2.20. The van der Waals surface area contributed by atoms with Gasteiger partial charge in [-0.05, 0) is 80.1 Å². The molecule has 1 atom stereocenters. The van der Waals surface area contributed by atoms with Crippen molar-refractivity contribution in [2.24, 2.45) is 5.92 Å². The van der Waals surface area contributed by atoms with Crippen molar-refractivity contribution < 1.29 is 29.1 Å². The number of rotatable bonds is 9. The molecule has 0 bridgehead atoms. The van der Waals surface area contributed by atoms with Gasteiger partial charge in [-0.3, -0.25) is 19.2 Å². The van der Waals surface area contributed by atoms with Gasteiger partial charge in [0, 0.05) is 17.5 Å². The van der Waals surface area contributed by atoms with Crippen molar-refractivity contribution in [3.63, 3.8) is 0 Å². The topological polar surface area (TPSA) is 154 Å². The number of halogens is 3. The van der Waals surface area contributed by atoms with Gasteiger partial charge in [-0.25, -0.2) is 4.79 Å². The Bertz CT molecular complexity index is 952. The SMILES string of the molecule is CNC(=O)[C@H](CC(C)C)NC(=O)CNC(=O)c1c(I)c(NC(C)=O)c(I)c(C(=O)O)c1I. The number of carbonyl (C=O) groups is 5. The van der Waals surface area contributed by atoms with E-state index in [0.717, 1.165) is 0 Å². The number of anilines is 1. The summed E-state index contributed by atoms with van der Waals surface area (Å²) in [6.07, 6.45) is 0.425. The van der Waals surface area contributed by atoms with Crippen LogP contribution in [0.25, 0.3) is 0 Å². The predicted molar refractivity (Wildman–Crippen MR) is 144 cm³/mol. The Labute approximate surface area is 226 Å². The molecule has 176 valence electrons. The number of likely N-dealkylation sites (N-methyl/N-ethyl adjacent to an activating group) is 1. The van der Waals surface area contributed by atoms with Crippen LogP contribution in [0, 0.1) is 16.6 Å². The average Bonchev–Trinajstić information content (AvgIpc) is 2.67. The van der Waals surface area contributed by atoms with E-state index in [9.17, 15) is 29.1 Å². The average molecular weight is 784 g/mol. The van der Waals surface area contributed by atoms with Gasteiger partial charge >= 0.3 is 5.97 Å². The maximum Gasteiger partial charge on any atom is 0.337 e. The first kappa shape index (κ1) is 28.8. The lowest BCUT2D eigenvalue weighted by Crippen LogP contribution is -2.49. The second kappa shape index (κ2) is 12.9. The van der Waals surface area contributed by atoms with Gasteiger partial charge in [-0.1, -0.05) is 13.8 Å². The minimum atomic E-state index is -1.25. The van der Waals surface area contributed by atoms with Crippen molar-refractivity contribution in [1.82, 2.24) is 16.0 Å². The Balaban J connectivity index is 3.16. The zero-order chi connectivity index (χ0) is 24.7. The summed E-state index contributed by atoms with van der Waals surface area (Å²) in [4.78, 5) is 60.6. The number of benzene rings is 1. The van der Waals surface area contributed by atoms with Crippen LogP contribution in [0.2, 0.25) is 0 Å². The molecule has 32 heavy (non-hydrogen) atoms. The molecule has 0 fully saturated rings. The van der Waals surface area contributed by atoms with Gasteiger partial charge in [-0.15, -0.1) is 0 Å². The van der Waals surface area contributed by atoms with Crippen LogP contribution in [0.15, 0.2) is 0 Å². The Morgan fingerprint density at radius 3 is 2.00 bits per heavy atom. The molecule has 1 aromatic rings. The number of amides is 4. The lowest BCUT2D eigenvalue weighted by molar-refractivity contribution is -0.128. The smallest absolute Gasteiger partial charge is 0.337 e. The van der Waals surface area contributed by atoms with Crippen molar-refractivity contribution in [3.05, 3.63) is 21.8 Å². The van der Waals surface area contributed by atoms with E-state index in [1.165, 1.54) is 14.0 Å². The highest BCUT2D eigenvalue weighted by Gasteiger charge is 2.28. The Hall–Kier alpha value is -1.24. The van der Waals surface area contributed by atoms with Crippen LogP contribution in [-0.2, 0) is 14.4 Å². The van der Waals surface area contributed by atoms with Crippen molar-refractivity contribution in [2.45, 2.75) is 33.2 Å². The quantitative estimate of drug-likeness (QED) is 0.242. The third-order valence-corrected chi connectivity index (χ3v) is 7.31. The van der Waals surface area contributed by atoms with Gasteiger partial charge in [0.2, 0.25) is 17.7 Å². The zero-order valence-electron chi connectivity index (χ0n) is 17.7. The third kappa shape index (κ3) is 7.67. The fraction of sp³-hybridized carbons (Fsp3) is 0.421. The van der Waals surface area contributed by atoms with E-state index in [4.69, 9.17) is 0 Å². The second-order valence-corrected chi connectivity index (χ2v) is 10.3. The summed E-state index contributed by atoms with van der Waals surface area (Å²) in [6, 6.07) is -0.743. The maximum atomic E-state index is 12.9. The fourth-order valence-electron chi connectivity index (χ4n) is 2.71. The first-order valence-corrected chi connectivity index (χ1v) is 12.6. The molecule has 0 saturated heterocycles. The summed E-state index contributed by atoms with van der Waals surface area (Å²) >= 11 is 5.42. The number of nitrogens with one attached hydrogen (secondary N) is 4. The van der Waals surface area contributed by atoms with E-state index in [1.54, 1.807) is 45.2 Å². The molecule has 4 amide bonds.